The molecule has 8 nitrogen and oxygen atoms in total. The molecule has 9 heteroatoms. The molecular formula is C21H22N4O4S. The number of sulfonamides is 1. The van der Waals surface area contributed by atoms with Crippen molar-refractivity contribution >= 4 is 27.1 Å². The zero-order valence-corrected chi connectivity index (χ0v) is 17.7. The molecule has 2 N–H and O–H groups in total. The molecule has 0 radical (unpaired) electrons. The number of aromatic nitrogens is 1. The zero-order valence-electron chi connectivity index (χ0n) is 16.8. The molecule has 1 aromatic heterocycles. The Labute approximate surface area is 175 Å². The maximum atomic E-state index is 12.8. The highest BCUT2D eigenvalue weighted by Gasteiger charge is 2.22. The van der Waals surface area contributed by atoms with Crippen LogP contribution in [-0.2, 0) is 16.6 Å². The molecule has 0 spiro atoms. The normalized spacial score (nSPS) is 11.2. The van der Waals surface area contributed by atoms with Crippen molar-refractivity contribution in [2.45, 2.75) is 32.2 Å². The van der Waals surface area contributed by atoms with E-state index in [4.69, 9.17) is 0 Å². The van der Waals surface area contributed by atoms with Crippen molar-refractivity contribution in [2.24, 2.45) is 0 Å². The summed E-state index contributed by atoms with van der Waals surface area (Å²) in [6, 6.07) is 11.0. The molecule has 3 rings (SSSR count). The van der Waals surface area contributed by atoms with Gasteiger partial charge in [-0.3, -0.25) is 19.8 Å². The van der Waals surface area contributed by atoms with Crippen molar-refractivity contribution in [2.75, 3.05) is 10.0 Å². The summed E-state index contributed by atoms with van der Waals surface area (Å²) in [6.07, 6.45) is 3.35. The van der Waals surface area contributed by atoms with E-state index in [0.29, 0.717) is 12.2 Å². The Balaban J connectivity index is 1.88. The first-order valence-corrected chi connectivity index (χ1v) is 10.7. The Kier molecular flexibility index (Phi) is 6.02. The summed E-state index contributed by atoms with van der Waals surface area (Å²) in [5, 5.41) is 14.6. The van der Waals surface area contributed by atoms with Crippen molar-refractivity contribution in [3.8, 4) is 0 Å². The number of aryl methyl sites for hydroxylation is 3. The van der Waals surface area contributed by atoms with Crippen LogP contribution in [0.15, 0.2) is 59.8 Å². The second-order valence-corrected chi connectivity index (χ2v) is 8.70. The Bertz CT molecular complexity index is 1210. The lowest BCUT2D eigenvalue weighted by atomic mass is 10.1. The monoisotopic (exact) mass is 426 g/mol. The Morgan fingerprint density at radius 1 is 1.00 bits per heavy atom. The predicted molar refractivity (Wildman–Crippen MR) is 116 cm³/mol. The average molecular weight is 426 g/mol. The molecule has 0 saturated heterocycles. The number of pyridine rings is 1. The van der Waals surface area contributed by atoms with Gasteiger partial charge in [0.05, 0.1) is 15.5 Å². The van der Waals surface area contributed by atoms with Crippen LogP contribution in [0.1, 0.15) is 22.3 Å². The van der Waals surface area contributed by atoms with Gasteiger partial charge in [0.1, 0.15) is 5.69 Å². The topological polar surface area (TPSA) is 114 Å². The highest BCUT2D eigenvalue weighted by Crippen LogP contribution is 2.29. The number of nitrogens with zero attached hydrogens (tertiary/aromatic N) is 2. The first kappa shape index (κ1) is 21.3. The van der Waals surface area contributed by atoms with Gasteiger partial charge in [0.25, 0.3) is 15.7 Å². The molecule has 3 aromatic rings. The molecule has 0 unspecified atom stereocenters. The number of hydrogen-bond donors (Lipinski definition) is 2. The Hall–Kier alpha value is -3.46. The maximum absolute atomic E-state index is 12.8. The van der Waals surface area contributed by atoms with Crippen molar-refractivity contribution in [3.05, 3.63) is 87.2 Å². The number of benzene rings is 2. The predicted octanol–water partition coefficient (Wildman–Crippen LogP) is 4.33. The number of nitrogens with one attached hydrogen (secondary N) is 2. The van der Waals surface area contributed by atoms with Gasteiger partial charge in [-0.2, -0.15) is 0 Å². The summed E-state index contributed by atoms with van der Waals surface area (Å²) in [6.45, 7) is 5.95. The first-order chi connectivity index (χ1) is 14.2. The van der Waals surface area contributed by atoms with Crippen molar-refractivity contribution in [1.29, 1.82) is 0 Å². The fraction of sp³-hybridized carbons (Fsp3) is 0.190. The van der Waals surface area contributed by atoms with E-state index in [1.165, 1.54) is 12.1 Å². The summed E-state index contributed by atoms with van der Waals surface area (Å²) in [5.74, 6) is 0. The van der Waals surface area contributed by atoms with Gasteiger partial charge in [-0.05, 0) is 61.7 Å². The molecule has 30 heavy (non-hydrogen) atoms. The third-order valence-electron chi connectivity index (χ3n) is 4.71. The van der Waals surface area contributed by atoms with Gasteiger partial charge < -0.3 is 5.32 Å². The smallest absolute Gasteiger partial charge is 0.293 e. The maximum Gasteiger partial charge on any atom is 0.293 e. The summed E-state index contributed by atoms with van der Waals surface area (Å²) < 4.78 is 28.1. The summed E-state index contributed by atoms with van der Waals surface area (Å²) in [7, 11) is -3.99. The highest BCUT2D eigenvalue weighted by atomic mass is 32.2. The van der Waals surface area contributed by atoms with E-state index in [1.54, 1.807) is 31.5 Å². The van der Waals surface area contributed by atoms with Gasteiger partial charge in [0.2, 0.25) is 0 Å². The Morgan fingerprint density at radius 3 is 2.40 bits per heavy atom. The van der Waals surface area contributed by atoms with Gasteiger partial charge in [-0.1, -0.05) is 17.7 Å². The van der Waals surface area contributed by atoms with E-state index in [9.17, 15) is 18.5 Å². The van der Waals surface area contributed by atoms with Gasteiger partial charge in [-0.15, -0.1) is 0 Å². The quantitative estimate of drug-likeness (QED) is 0.429. The van der Waals surface area contributed by atoms with E-state index in [1.807, 2.05) is 26.0 Å². The third-order valence-corrected chi connectivity index (χ3v) is 6.07. The number of hydrogen-bond acceptors (Lipinski definition) is 6. The molecule has 0 fully saturated rings. The summed E-state index contributed by atoms with van der Waals surface area (Å²) in [4.78, 5) is 14.8. The minimum atomic E-state index is -3.99. The number of anilines is 2. The molecule has 0 aliphatic carbocycles. The second kappa shape index (κ2) is 8.50. The lowest BCUT2D eigenvalue weighted by molar-refractivity contribution is -0.384. The van der Waals surface area contributed by atoms with Crippen molar-refractivity contribution in [1.82, 2.24) is 4.98 Å². The van der Waals surface area contributed by atoms with Crippen LogP contribution in [0.2, 0.25) is 0 Å². The molecule has 156 valence electrons. The molecule has 0 saturated carbocycles. The fourth-order valence-electron chi connectivity index (χ4n) is 3.00. The number of nitro groups is 1. The van der Waals surface area contributed by atoms with Gasteiger partial charge in [0, 0.05) is 25.0 Å². The SMILES string of the molecule is Cc1ccc(NS(=O)(=O)c2ccc(NCc3ccncc3C)c([N+](=O)[O-])c2)c(C)c1. The van der Waals surface area contributed by atoms with E-state index >= 15 is 0 Å². The lowest BCUT2D eigenvalue weighted by Gasteiger charge is -2.13. The minimum absolute atomic E-state index is 0.181. The van der Waals surface area contributed by atoms with E-state index < -0.39 is 14.9 Å². The summed E-state index contributed by atoms with van der Waals surface area (Å²) in [5.41, 5.74) is 4.01. The largest absolute Gasteiger partial charge is 0.375 e. The molecule has 2 aromatic carbocycles. The van der Waals surface area contributed by atoms with Crippen LogP contribution >= 0.6 is 0 Å². The van der Waals surface area contributed by atoms with Crippen LogP contribution in [0.25, 0.3) is 0 Å². The first-order valence-electron chi connectivity index (χ1n) is 9.19. The molecule has 0 atom stereocenters. The van der Waals surface area contributed by atoms with Gasteiger partial charge in [-0.25, -0.2) is 8.42 Å². The molecule has 0 aliphatic rings. The van der Waals surface area contributed by atoms with E-state index in [-0.39, 0.29) is 16.3 Å². The van der Waals surface area contributed by atoms with Crippen LogP contribution in [0.3, 0.4) is 0 Å². The number of nitro benzene ring substituents is 1. The second-order valence-electron chi connectivity index (χ2n) is 7.02. The van der Waals surface area contributed by atoms with Crippen LogP contribution < -0.4 is 10.0 Å². The zero-order chi connectivity index (χ0) is 21.9. The summed E-state index contributed by atoms with van der Waals surface area (Å²) >= 11 is 0. The van der Waals surface area contributed by atoms with E-state index in [2.05, 4.69) is 15.0 Å². The van der Waals surface area contributed by atoms with Gasteiger partial charge in [0.15, 0.2) is 0 Å². The minimum Gasteiger partial charge on any atom is -0.375 e. The van der Waals surface area contributed by atoms with Crippen molar-refractivity contribution in [3.63, 3.8) is 0 Å². The molecule has 0 aliphatic heterocycles. The molecule has 1 heterocycles. The molecular weight excluding hydrogens is 404 g/mol. The van der Waals surface area contributed by atoms with Crippen LogP contribution in [-0.4, -0.2) is 18.3 Å². The average Bonchev–Trinajstić information content (AvgIpc) is 2.69. The Morgan fingerprint density at radius 2 is 1.73 bits per heavy atom. The molecule has 0 bridgehead atoms. The van der Waals surface area contributed by atoms with E-state index in [0.717, 1.165) is 28.3 Å². The fourth-order valence-corrected chi connectivity index (χ4v) is 4.15. The van der Waals surface area contributed by atoms with Crippen LogP contribution in [0, 0.1) is 30.9 Å². The third kappa shape index (κ3) is 4.74. The van der Waals surface area contributed by atoms with Crippen LogP contribution in [0.4, 0.5) is 17.1 Å². The van der Waals surface area contributed by atoms with Gasteiger partial charge >= 0.3 is 0 Å². The number of rotatable bonds is 7. The molecule has 0 amide bonds. The van der Waals surface area contributed by atoms with Crippen molar-refractivity contribution < 1.29 is 13.3 Å². The lowest BCUT2D eigenvalue weighted by Crippen LogP contribution is -2.14. The highest BCUT2D eigenvalue weighted by molar-refractivity contribution is 7.92. The van der Waals surface area contributed by atoms with Crippen LogP contribution in [0.5, 0.6) is 0 Å². The standard InChI is InChI=1S/C21H22N4O4S/c1-14-4-6-19(15(2)10-14)24-30(28,29)18-5-7-20(21(11-18)25(26)27)23-13-17-8-9-22-12-16(17)3/h4-12,23-24H,13H2,1-3H3.